The van der Waals surface area contributed by atoms with Crippen LogP contribution in [0.25, 0.3) is 0 Å². The van der Waals surface area contributed by atoms with E-state index in [1.54, 1.807) is 18.2 Å². The van der Waals surface area contributed by atoms with Gasteiger partial charge >= 0.3 is 6.03 Å². The number of anilines is 1. The third-order valence-electron chi connectivity index (χ3n) is 5.61. The summed E-state index contributed by atoms with van der Waals surface area (Å²) in [6.07, 6.45) is 2.40. The average Bonchev–Trinajstić information content (AvgIpc) is 2.92. The van der Waals surface area contributed by atoms with E-state index in [0.717, 1.165) is 21.3 Å². The van der Waals surface area contributed by atoms with Gasteiger partial charge in [-0.05, 0) is 63.5 Å². The second kappa shape index (κ2) is 12.7. The first-order chi connectivity index (χ1) is 17.6. The van der Waals surface area contributed by atoms with Crippen molar-refractivity contribution in [1.29, 1.82) is 0 Å². The zero-order valence-corrected chi connectivity index (χ0v) is 21.6. The lowest BCUT2D eigenvalue weighted by molar-refractivity contribution is 0.209. The third kappa shape index (κ3) is 7.09. The van der Waals surface area contributed by atoms with E-state index in [1.807, 2.05) is 91.0 Å². The molecule has 1 N–H and O–H groups in total. The van der Waals surface area contributed by atoms with E-state index in [1.165, 1.54) is 0 Å². The Morgan fingerprint density at radius 2 is 1.69 bits per heavy atom. The summed E-state index contributed by atoms with van der Waals surface area (Å²) in [5.41, 5.74) is 3.64. The van der Waals surface area contributed by atoms with Crippen LogP contribution < -0.4 is 14.8 Å². The number of halogens is 1. The number of urea groups is 1. The lowest BCUT2D eigenvalue weighted by Crippen LogP contribution is -2.36. The van der Waals surface area contributed by atoms with Crippen molar-refractivity contribution in [2.75, 3.05) is 19.0 Å². The smallest absolute Gasteiger partial charge is 0.322 e. The summed E-state index contributed by atoms with van der Waals surface area (Å²) in [6.45, 7) is 1.32. The molecule has 0 unspecified atom stereocenters. The largest absolute Gasteiger partial charge is 0.493 e. The molecule has 3 aromatic carbocycles. The van der Waals surface area contributed by atoms with Crippen molar-refractivity contribution in [3.63, 3.8) is 0 Å². The Hall–Kier alpha value is -3.84. The molecule has 1 aromatic heterocycles. The Morgan fingerprint density at radius 1 is 0.917 bits per heavy atom. The number of pyridine rings is 1. The number of rotatable bonds is 10. The SMILES string of the molecule is COc1ccc(CN(CCc2ccccn2)C(=O)Nc2ccccc2Br)cc1OCc1ccccc1. The van der Waals surface area contributed by atoms with Crippen LogP contribution in [0.1, 0.15) is 16.8 Å². The molecule has 6 nitrogen and oxygen atoms in total. The molecule has 36 heavy (non-hydrogen) atoms. The minimum absolute atomic E-state index is 0.194. The van der Waals surface area contributed by atoms with Crippen molar-refractivity contribution < 1.29 is 14.3 Å². The number of carbonyl (C=O) groups excluding carboxylic acids is 1. The molecule has 0 aliphatic heterocycles. The van der Waals surface area contributed by atoms with Gasteiger partial charge in [0.25, 0.3) is 0 Å². The normalized spacial score (nSPS) is 10.5. The molecule has 7 heteroatoms. The van der Waals surface area contributed by atoms with Crippen LogP contribution in [0.15, 0.2) is 102 Å². The minimum atomic E-state index is -0.194. The van der Waals surface area contributed by atoms with E-state index in [-0.39, 0.29) is 6.03 Å². The van der Waals surface area contributed by atoms with Crippen LogP contribution in [0.4, 0.5) is 10.5 Å². The Bertz CT molecular complexity index is 1270. The summed E-state index contributed by atoms with van der Waals surface area (Å²) >= 11 is 3.50. The number of carbonyl (C=O) groups is 1. The van der Waals surface area contributed by atoms with E-state index >= 15 is 0 Å². The quantitative estimate of drug-likeness (QED) is 0.240. The number of ether oxygens (including phenoxy) is 2. The Kier molecular flexibility index (Phi) is 8.94. The topological polar surface area (TPSA) is 63.7 Å². The first-order valence-corrected chi connectivity index (χ1v) is 12.5. The van der Waals surface area contributed by atoms with Gasteiger partial charge in [0, 0.05) is 35.9 Å². The van der Waals surface area contributed by atoms with Gasteiger partial charge in [0.1, 0.15) is 6.61 Å². The van der Waals surface area contributed by atoms with Crippen molar-refractivity contribution >= 4 is 27.6 Å². The van der Waals surface area contributed by atoms with Crippen LogP contribution in [0.3, 0.4) is 0 Å². The number of para-hydroxylation sites is 1. The highest BCUT2D eigenvalue weighted by Crippen LogP contribution is 2.30. The Morgan fingerprint density at radius 3 is 2.44 bits per heavy atom. The molecule has 0 saturated heterocycles. The van der Waals surface area contributed by atoms with E-state index < -0.39 is 0 Å². The predicted octanol–water partition coefficient (Wildman–Crippen LogP) is 6.71. The highest BCUT2D eigenvalue weighted by atomic mass is 79.9. The molecule has 0 radical (unpaired) electrons. The molecule has 0 spiro atoms. The van der Waals surface area contributed by atoms with Gasteiger partial charge in [0.2, 0.25) is 0 Å². The molecule has 4 rings (SSSR count). The first kappa shape index (κ1) is 25.3. The molecular formula is C29H28BrN3O3. The summed E-state index contributed by atoms with van der Waals surface area (Å²) < 4.78 is 12.4. The van der Waals surface area contributed by atoms with Crippen LogP contribution in [0, 0.1) is 0 Å². The van der Waals surface area contributed by atoms with Crippen LogP contribution in [-0.2, 0) is 19.6 Å². The van der Waals surface area contributed by atoms with Gasteiger partial charge in [-0.3, -0.25) is 4.98 Å². The zero-order valence-electron chi connectivity index (χ0n) is 20.1. The molecule has 2 amide bonds. The van der Waals surface area contributed by atoms with Crippen LogP contribution in [0.5, 0.6) is 11.5 Å². The number of amides is 2. The van der Waals surface area contributed by atoms with E-state index in [2.05, 4.69) is 26.2 Å². The van der Waals surface area contributed by atoms with E-state index in [9.17, 15) is 4.79 Å². The van der Waals surface area contributed by atoms with Gasteiger partial charge in [-0.2, -0.15) is 0 Å². The van der Waals surface area contributed by atoms with Crippen molar-refractivity contribution in [2.45, 2.75) is 19.6 Å². The van der Waals surface area contributed by atoms with Gasteiger partial charge in [0.05, 0.1) is 12.8 Å². The number of nitrogens with one attached hydrogen (secondary N) is 1. The summed E-state index contributed by atoms with van der Waals surface area (Å²) in [5.74, 6) is 1.28. The van der Waals surface area contributed by atoms with Crippen LogP contribution in [0.2, 0.25) is 0 Å². The molecule has 1 heterocycles. The van der Waals surface area contributed by atoms with Crippen molar-refractivity contribution in [1.82, 2.24) is 9.88 Å². The lowest BCUT2D eigenvalue weighted by atomic mass is 10.1. The highest BCUT2D eigenvalue weighted by molar-refractivity contribution is 9.10. The minimum Gasteiger partial charge on any atom is -0.493 e. The molecule has 0 aliphatic rings. The summed E-state index contributed by atoms with van der Waals surface area (Å²) in [5, 5.41) is 3.01. The van der Waals surface area contributed by atoms with Gasteiger partial charge in [0.15, 0.2) is 11.5 Å². The maximum atomic E-state index is 13.3. The number of hydrogen-bond acceptors (Lipinski definition) is 4. The second-order valence-electron chi connectivity index (χ2n) is 8.16. The number of methoxy groups -OCH3 is 1. The standard InChI is InChI=1S/C29H28BrN3O3/c1-35-27-15-14-23(19-28(27)36-21-22-9-3-2-4-10-22)20-33(18-16-24-11-7-8-17-31-24)29(34)32-26-13-6-5-12-25(26)30/h2-15,17,19H,16,18,20-21H2,1H3,(H,32,34). The van der Waals surface area contributed by atoms with Crippen LogP contribution >= 0.6 is 15.9 Å². The monoisotopic (exact) mass is 545 g/mol. The lowest BCUT2D eigenvalue weighted by Gasteiger charge is -2.24. The molecular weight excluding hydrogens is 518 g/mol. The molecule has 0 atom stereocenters. The van der Waals surface area contributed by atoms with Gasteiger partial charge in [-0.25, -0.2) is 4.79 Å². The maximum absolute atomic E-state index is 13.3. The fourth-order valence-electron chi connectivity index (χ4n) is 3.69. The molecule has 0 bridgehead atoms. The molecule has 0 fully saturated rings. The van der Waals surface area contributed by atoms with Crippen molar-refractivity contribution in [2.24, 2.45) is 0 Å². The van der Waals surface area contributed by atoms with E-state index in [4.69, 9.17) is 9.47 Å². The Labute approximate surface area is 220 Å². The molecule has 4 aromatic rings. The zero-order chi connectivity index (χ0) is 25.2. The molecule has 0 aliphatic carbocycles. The summed E-state index contributed by atoms with van der Waals surface area (Å²) in [7, 11) is 1.62. The average molecular weight is 546 g/mol. The predicted molar refractivity (Wildman–Crippen MR) is 145 cm³/mol. The van der Waals surface area contributed by atoms with Crippen molar-refractivity contribution in [3.8, 4) is 11.5 Å². The molecule has 184 valence electrons. The van der Waals surface area contributed by atoms with Crippen LogP contribution in [-0.4, -0.2) is 29.6 Å². The second-order valence-corrected chi connectivity index (χ2v) is 9.02. The van der Waals surface area contributed by atoms with Crippen molar-refractivity contribution in [3.05, 3.63) is 118 Å². The highest BCUT2D eigenvalue weighted by Gasteiger charge is 2.17. The van der Waals surface area contributed by atoms with E-state index in [0.29, 0.717) is 43.3 Å². The maximum Gasteiger partial charge on any atom is 0.322 e. The summed E-state index contributed by atoms with van der Waals surface area (Å²) in [4.78, 5) is 19.5. The summed E-state index contributed by atoms with van der Waals surface area (Å²) in [6, 6.07) is 28.9. The fraction of sp³-hybridized carbons (Fsp3) is 0.172. The number of nitrogens with zero attached hydrogens (tertiary/aromatic N) is 2. The number of aromatic nitrogens is 1. The Balaban J connectivity index is 1.52. The van der Waals surface area contributed by atoms with Gasteiger partial charge in [-0.1, -0.05) is 54.6 Å². The fourth-order valence-corrected chi connectivity index (χ4v) is 4.08. The number of hydrogen-bond donors (Lipinski definition) is 1. The van der Waals surface area contributed by atoms with Gasteiger partial charge < -0.3 is 19.7 Å². The first-order valence-electron chi connectivity index (χ1n) is 11.7. The van der Waals surface area contributed by atoms with Gasteiger partial charge in [-0.15, -0.1) is 0 Å². The molecule has 0 saturated carbocycles. The third-order valence-corrected chi connectivity index (χ3v) is 6.30. The number of benzene rings is 3.